The maximum Gasteiger partial charge on any atom is 0.277 e. The number of H-pyrrole nitrogens is 1. The Morgan fingerprint density at radius 1 is 1.16 bits per heavy atom. The average Bonchev–Trinajstić information content (AvgIpc) is 3.20. The third kappa shape index (κ3) is 6.07. The summed E-state index contributed by atoms with van der Waals surface area (Å²) < 4.78 is 32.5. The number of methoxy groups -OCH3 is 1. The second-order valence-corrected chi connectivity index (χ2v) is 18.9. The first-order valence-corrected chi connectivity index (χ1v) is 17.6. The summed E-state index contributed by atoms with van der Waals surface area (Å²) in [4.78, 5) is 19.2. The molecule has 32 heavy (non-hydrogen) atoms. The van der Waals surface area contributed by atoms with Gasteiger partial charge in [-0.1, -0.05) is 0 Å². The summed E-state index contributed by atoms with van der Waals surface area (Å²) in [6.07, 6.45) is -0.0802. The molecule has 0 spiro atoms. The van der Waals surface area contributed by atoms with Crippen LogP contribution in [0.5, 0.6) is 0 Å². The molecular formula is C20H36N4O6Si2. The normalized spacial score (nSPS) is 24.5. The molecule has 1 saturated heterocycles. The van der Waals surface area contributed by atoms with E-state index in [0.29, 0.717) is 30.9 Å². The lowest BCUT2D eigenvalue weighted by molar-refractivity contribution is -0.0770. The highest BCUT2D eigenvalue weighted by atomic mass is 28.4. The maximum atomic E-state index is 12.3. The van der Waals surface area contributed by atoms with E-state index in [4.69, 9.17) is 28.8 Å². The van der Waals surface area contributed by atoms with Crippen LogP contribution >= 0.6 is 0 Å². The van der Waals surface area contributed by atoms with Crippen molar-refractivity contribution in [3.8, 4) is 0 Å². The highest BCUT2D eigenvalue weighted by Gasteiger charge is 2.49. The molecule has 3 heterocycles. The van der Waals surface area contributed by atoms with Gasteiger partial charge in [0.05, 0.1) is 31.7 Å². The number of hydrogen-bond donors (Lipinski definition) is 2. The summed E-state index contributed by atoms with van der Waals surface area (Å²) in [6, 6.07) is 1.68. The molecule has 1 aliphatic rings. The molecule has 0 unspecified atom stereocenters. The van der Waals surface area contributed by atoms with Crippen LogP contribution < -0.4 is 11.3 Å². The summed E-state index contributed by atoms with van der Waals surface area (Å²) >= 11 is 0. The Morgan fingerprint density at radius 3 is 2.50 bits per heavy atom. The average molecular weight is 485 g/mol. The first-order valence-electron chi connectivity index (χ1n) is 10.8. The van der Waals surface area contributed by atoms with Crippen LogP contribution in [0.3, 0.4) is 0 Å². The molecular weight excluding hydrogens is 448 g/mol. The van der Waals surface area contributed by atoms with Crippen LogP contribution in [0, 0.1) is 0 Å². The van der Waals surface area contributed by atoms with Gasteiger partial charge in [0.25, 0.3) is 5.56 Å². The number of aromatic nitrogens is 3. The van der Waals surface area contributed by atoms with Crippen LogP contribution in [0.25, 0.3) is 11.0 Å². The lowest BCUT2D eigenvalue weighted by Crippen LogP contribution is -2.46. The van der Waals surface area contributed by atoms with Crippen LogP contribution in [0.1, 0.15) is 6.23 Å². The molecule has 1 aliphatic heterocycles. The number of pyridine rings is 1. The van der Waals surface area contributed by atoms with Crippen molar-refractivity contribution < 1.29 is 23.1 Å². The molecule has 3 N–H and O–H groups in total. The van der Waals surface area contributed by atoms with E-state index in [1.807, 2.05) is 0 Å². The summed E-state index contributed by atoms with van der Waals surface area (Å²) in [7, 11) is -2.10. The molecule has 12 heteroatoms. The molecule has 3 rings (SSSR count). The fourth-order valence-electron chi connectivity index (χ4n) is 3.66. The van der Waals surface area contributed by atoms with Crippen molar-refractivity contribution in [1.29, 1.82) is 0 Å². The van der Waals surface area contributed by atoms with E-state index < -0.39 is 29.0 Å². The number of imidazole rings is 1. The molecule has 2 aromatic heterocycles. The zero-order chi connectivity index (χ0) is 23.7. The third-order valence-electron chi connectivity index (χ3n) is 4.92. The predicted octanol–water partition coefficient (Wildman–Crippen LogP) is 2.31. The van der Waals surface area contributed by atoms with E-state index in [9.17, 15) is 4.79 Å². The van der Waals surface area contributed by atoms with Crippen molar-refractivity contribution in [2.24, 2.45) is 0 Å². The minimum Gasteiger partial charge on any atom is -0.415 e. The van der Waals surface area contributed by atoms with Crippen molar-refractivity contribution in [2.75, 3.05) is 32.7 Å². The summed E-state index contributed by atoms with van der Waals surface area (Å²) in [5.41, 5.74) is 6.43. The smallest absolute Gasteiger partial charge is 0.277 e. The fraction of sp³-hybridized carbons (Fsp3) is 0.700. The molecule has 10 nitrogen and oxygen atoms in total. The number of ether oxygens (including phenoxy) is 3. The van der Waals surface area contributed by atoms with Gasteiger partial charge in [0.2, 0.25) is 0 Å². The molecule has 0 radical (unpaired) electrons. The molecule has 4 atom stereocenters. The van der Waals surface area contributed by atoms with Gasteiger partial charge in [-0.3, -0.25) is 4.79 Å². The van der Waals surface area contributed by atoms with E-state index >= 15 is 0 Å². The second kappa shape index (κ2) is 9.75. The molecule has 0 aliphatic carbocycles. The topological polar surface area (TPSA) is 123 Å². The lowest BCUT2D eigenvalue weighted by atomic mass is 10.1. The first-order chi connectivity index (χ1) is 14.9. The van der Waals surface area contributed by atoms with Gasteiger partial charge in [0.1, 0.15) is 24.1 Å². The molecule has 0 amide bonds. The zero-order valence-electron chi connectivity index (χ0n) is 20.0. The number of rotatable bonds is 10. The van der Waals surface area contributed by atoms with Gasteiger partial charge in [-0.05, 0) is 39.3 Å². The summed E-state index contributed by atoms with van der Waals surface area (Å²) in [6.45, 7) is 14.0. The lowest BCUT2D eigenvalue weighted by Gasteiger charge is -2.31. The number of nitrogens with zero attached hydrogens (tertiary/aromatic N) is 2. The van der Waals surface area contributed by atoms with E-state index in [-0.39, 0.29) is 23.6 Å². The van der Waals surface area contributed by atoms with Gasteiger partial charge in [0, 0.05) is 13.2 Å². The quantitative estimate of drug-likeness (QED) is 0.389. The number of nitrogens with two attached hydrogens (primary N) is 1. The number of hydrogen-bond acceptors (Lipinski definition) is 8. The minimum absolute atomic E-state index is 0.257. The molecule has 0 saturated carbocycles. The van der Waals surface area contributed by atoms with Crippen molar-refractivity contribution in [1.82, 2.24) is 14.5 Å². The van der Waals surface area contributed by atoms with Crippen LogP contribution in [0.4, 0.5) is 5.82 Å². The summed E-state index contributed by atoms with van der Waals surface area (Å²) in [5.74, 6) is 0.257. The highest BCUT2D eigenvalue weighted by Crippen LogP contribution is 2.37. The van der Waals surface area contributed by atoms with E-state index in [0.717, 1.165) is 0 Å². The SMILES string of the molecule is COCCO[C@@H]1[C@H](O[Si](C)(C)C)[C@@H](CO[Si](C)(C)C)O[C@H]1n1cnc2c(=O)[nH]c(N)cc21. The minimum atomic E-state index is -1.95. The zero-order valence-corrected chi connectivity index (χ0v) is 22.0. The monoisotopic (exact) mass is 484 g/mol. The van der Waals surface area contributed by atoms with Gasteiger partial charge < -0.3 is 38.3 Å². The molecule has 180 valence electrons. The number of fused-ring (bicyclic) bond motifs is 1. The van der Waals surface area contributed by atoms with Gasteiger partial charge in [-0.25, -0.2) is 4.98 Å². The molecule has 0 aromatic carbocycles. The van der Waals surface area contributed by atoms with E-state index in [2.05, 4.69) is 49.3 Å². The fourth-order valence-corrected chi connectivity index (χ4v) is 5.43. The Balaban J connectivity index is 2.01. The van der Waals surface area contributed by atoms with Gasteiger partial charge in [-0.2, -0.15) is 0 Å². The third-order valence-corrected chi connectivity index (χ3v) is 6.94. The Hall–Kier alpha value is -1.55. The Kier molecular flexibility index (Phi) is 7.64. The molecule has 1 fully saturated rings. The second-order valence-electron chi connectivity index (χ2n) is 9.95. The Labute approximate surface area is 190 Å². The predicted molar refractivity (Wildman–Crippen MR) is 128 cm³/mol. The molecule has 2 aromatic rings. The molecule has 0 bridgehead atoms. The van der Waals surface area contributed by atoms with Gasteiger partial charge >= 0.3 is 0 Å². The number of anilines is 1. The van der Waals surface area contributed by atoms with E-state index in [1.165, 1.54) is 0 Å². The van der Waals surface area contributed by atoms with Crippen molar-refractivity contribution in [3.05, 3.63) is 22.7 Å². The summed E-state index contributed by atoms with van der Waals surface area (Å²) in [5, 5.41) is 0. The van der Waals surface area contributed by atoms with E-state index in [1.54, 1.807) is 24.1 Å². The standard InChI is InChI=1S/C20H36N4O6Si2/c1-26-8-9-27-18-17(30-32(5,6)7)14(11-28-31(2,3)4)29-20(18)24-12-22-16-13(24)10-15(21)23-19(16)25/h10,12,14,17-18,20H,8-9,11H2,1-7H3,(H3,21,23,25)/t14-,17-,18-,20-/m1/s1. The Morgan fingerprint density at radius 2 is 1.88 bits per heavy atom. The van der Waals surface area contributed by atoms with Crippen LogP contribution in [0.15, 0.2) is 17.2 Å². The Bertz CT molecular complexity index is 968. The first kappa shape index (κ1) is 25.1. The van der Waals surface area contributed by atoms with Crippen LogP contribution in [0.2, 0.25) is 39.3 Å². The largest absolute Gasteiger partial charge is 0.415 e. The van der Waals surface area contributed by atoms with Crippen molar-refractivity contribution in [2.45, 2.75) is 63.8 Å². The van der Waals surface area contributed by atoms with Gasteiger partial charge in [0.15, 0.2) is 28.4 Å². The van der Waals surface area contributed by atoms with Crippen molar-refractivity contribution in [3.63, 3.8) is 0 Å². The number of aromatic amines is 1. The maximum absolute atomic E-state index is 12.3. The highest BCUT2D eigenvalue weighted by molar-refractivity contribution is 6.70. The van der Waals surface area contributed by atoms with Gasteiger partial charge in [-0.15, -0.1) is 0 Å². The van der Waals surface area contributed by atoms with Crippen LogP contribution in [-0.4, -0.2) is 76.4 Å². The van der Waals surface area contributed by atoms with Crippen LogP contribution in [-0.2, 0) is 23.1 Å². The number of nitrogen functional groups attached to an aromatic ring is 1. The number of nitrogens with one attached hydrogen (secondary N) is 1. The van der Waals surface area contributed by atoms with Crippen molar-refractivity contribution >= 4 is 33.5 Å².